The van der Waals surface area contributed by atoms with E-state index in [-0.39, 0.29) is 17.0 Å². The molecule has 0 atom stereocenters. The van der Waals surface area contributed by atoms with Crippen molar-refractivity contribution in [3.05, 3.63) is 29.8 Å². The zero-order chi connectivity index (χ0) is 15.2. The van der Waals surface area contributed by atoms with Crippen molar-refractivity contribution in [3.63, 3.8) is 0 Å². The van der Waals surface area contributed by atoms with E-state index in [1.807, 2.05) is 0 Å². The van der Waals surface area contributed by atoms with Gasteiger partial charge in [-0.2, -0.15) is 0 Å². The van der Waals surface area contributed by atoms with E-state index < -0.39 is 11.8 Å². The summed E-state index contributed by atoms with van der Waals surface area (Å²) in [6, 6.07) is 6.56. The number of thioether (sulfide) groups is 2. The molecule has 1 aliphatic rings. The highest BCUT2D eigenvalue weighted by molar-refractivity contribution is 8.21. The predicted molar refractivity (Wildman–Crippen MR) is 85.3 cm³/mol. The van der Waals surface area contributed by atoms with E-state index in [1.54, 1.807) is 47.8 Å². The number of nitrogens with one attached hydrogen (secondary N) is 2. The standard InChI is InChI=1S/C13H15N3O3S2/c14-10(17)7-15-11(18)8-2-1-3-9(6-8)16-12(19)13-20-4-5-21-13/h1-3,6,13H,4-5,7H2,(H2,14,17)(H,15,18)(H,16,19). The molecule has 0 radical (unpaired) electrons. The minimum atomic E-state index is -0.608. The van der Waals surface area contributed by atoms with Gasteiger partial charge < -0.3 is 16.4 Å². The summed E-state index contributed by atoms with van der Waals surface area (Å²) in [5, 5.41) is 5.19. The molecule has 1 fully saturated rings. The summed E-state index contributed by atoms with van der Waals surface area (Å²) >= 11 is 3.22. The number of hydrogen-bond donors (Lipinski definition) is 3. The number of primary amides is 1. The second kappa shape index (κ2) is 7.37. The summed E-state index contributed by atoms with van der Waals surface area (Å²) in [4.78, 5) is 34.4. The molecule has 8 heteroatoms. The monoisotopic (exact) mass is 325 g/mol. The fourth-order valence-electron chi connectivity index (χ4n) is 1.72. The van der Waals surface area contributed by atoms with Gasteiger partial charge in [0.15, 0.2) is 0 Å². The number of amides is 3. The lowest BCUT2D eigenvalue weighted by molar-refractivity contribution is -0.117. The molecule has 1 aliphatic heterocycles. The lowest BCUT2D eigenvalue weighted by Gasteiger charge is -2.10. The molecule has 0 spiro atoms. The average Bonchev–Trinajstić information content (AvgIpc) is 2.99. The van der Waals surface area contributed by atoms with Gasteiger partial charge in [-0.1, -0.05) is 6.07 Å². The smallest absolute Gasteiger partial charge is 0.251 e. The summed E-state index contributed by atoms with van der Waals surface area (Å²) < 4.78 is -0.0997. The molecule has 112 valence electrons. The fourth-order valence-corrected chi connectivity index (χ4v) is 4.30. The van der Waals surface area contributed by atoms with Crippen LogP contribution in [0.1, 0.15) is 10.4 Å². The van der Waals surface area contributed by atoms with Crippen LogP contribution in [0, 0.1) is 0 Å². The third kappa shape index (κ3) is 4.68. The van der Waals surface area contributed by atoms with Crippen molar-refractivity contribution in [2.45, 2.75) is 4.58 Å². The minimum absolute atomic E-state index is 0.0720. The molecule has 1 aromatic carbocycles. The highest BCUT2D eigenvalue weighted by atomic mass is 32.2. The van der Waals surface area contributed by atoms with Crippen LogP contribution in [0.25, 0.3) is 0 Å². The molecule has 2 rings (SSSR count). The normalized spacial score (nSPS) is 14.7. The zero-order valence-corrected chi connectivity index (χ0v) is 12.8. The molecule has 0 bridgehead atoms. The third-order valence-corrected chi connectivity index (χ3v) is 5.64. The van der Waals surface area contributed by atoms with E-state index >= 15 is 0 Å². The Kier molecular flexibility index (Phi) is 5.51. The Morgan fingerprint density at radius 2 is 1.95 bits per heavy atom. The quantitative estimate of drug-likeness (QED) is 0.738. The minimum Gasteiger partial charge on any atom is -0.368 e. The van der Waals surface area contributed by atoms with E-state index in [0.717, 1.165) is 11.5 Å². The first-order valence-electron chi connectivity index (χ1n) is 6.27. The van der Waals surface area contributed by atoms with Gasteiger partial charge >= 0.3 is 0 Å². The summed E-state index contributed by atoms with van der Waals surface area (Å²) in [6.07, 6.45) is 0. The second-order valence-corrected chi connectivity index (χ2v) is 7.02. The maximum absolute atomic E-state index is 12.0. The first-order valence-corrected chi connectivity index (χ1v) is 8.36. The second-order valence-electron chi connectivity index (χ2n) is 4.29. The molecule has 1 aromatic rings. The molecule has 0 aliphatic carbocycles. The molecule has 0 saturated carbocycles. The molecule has 0 aromatic heterocycles. The molecular formula is C13H15N3O3S2. The van der Waals surface area contributed by atoms with Crippen molar-refractivity contribution >= 4 is 46.9 Å². The topological polar surface area (TPSA) is 101 Å². The first-order chi connectivity index (χ1) is 10.1. The van der Waals surface area contributed by atoms with Gasteiger partial charge in [0.05, 0.1) is 6.54 Å². The van der Waals surface area contributed by atoms with Gasteiger partial charge in [0, 0.05) is 22.8 Å². The van der Waals surface area contributed by atoms with Gasteiger partial charge in [0.2, 0.25) is 11.8 Å². The molecular weight excluding hydrogens is 310 g/mol. The van der Waals surface area contributed by atoms with Crippen LogP contribution in [0.15, 0.2) is 24.3 Å². The largest absolute Gasteiger partial charge is 0.368 e. The number of carbonyl (C=O) groups is 3. The first kappa shape index (κ1) is 15.7. The van der Waals surface area contributed by atoms with Gasteiger partial charge in [-0.15, -0.1) is 23.5 Å². The van der Waals surface area contributed by atoms with Crippen molar-refractivity contribution in [1.29, 1.82) is 0 Å². The summed E-state index contributed by atoms with van der Waals surface area (Å²) in [5.41, 5.74) is 5.89. The van der Waals surface area contributed by atoms with Crippen LogP contribution in [-0.4, -0.2) is 40.4 Å². The van der Waals surface area contributed by atoms with Crippen LogP contribution in [0.3, 0.4) is 0 Å². The van der Waals surface area contributed by atoms with Crippen molar-refractivity contribution in [2.24, 2.45) is 5.73 Å². The van der Waals surface area contributed by atoms with Crippen LogP contribution < -0.4 is 16.4 Å². The van der Waals surface area contributed by atoms with E-state index in [9.17, 15) is 14.4 Å². The van der Waals surface area contributed by atoms with Gasteiger partial charge in [-0.3, -0.25) is 14.4 Å². The van der Waals surface area contributed by atoms with Gasteiger partial charge in [0.25, 0.3) is 5.91 Å². The van der Waals surface area contributed by atoms with Crippen LogP contribution in [0.5, 0.6) is 0 Å². The lowest BCUT2D eigenvalue weighted by atomic mass is 10.2. The van der Waals surface area contributed by atoms with E-state index in [4.69, 9.17) is 5.73 Å². The summed E-state index contributed by atoms with van der Waals surface area (Å²) in [5.74, 6) is 0.853. The Morgan fingerprint density at radius 3 is 2.62 bits per heavy atom. The molecule has 21 heavy (non-hydrogen) atoms. The Hall–Kier alpha value is -1.67. The fraction of sp³-hybridized carbons (Fsp3) is 0.308. The SMILES string of the molecule is NC(=O)CNC(=O)c1cccc(NC(=O)C2SCCS2)c1. The van der Waals surface area contributed by atoms with Crippen molar-refractivity contribution in [3.8, 4) is 0 Å². The maximum atomic E-state index is 12.0. The zero-order valence-electron chi connectivity index (χ0n) is 11.1. The lowest BCUT2D eigenvalue weighted by Crippen LogP contribution is -2.33. The Morgan fingerprint density at radius 1 is 1.24 bits per heavy atom. The number of hydrogen-bond acceptors (Lipinski definition) is 5. The number of benzene rings is 1. The summed E-state index contributed by atoms with van der Waals surface area (Å²) in [6.45, 7) is -0.217. The Balaban J connectivity index is 1.98. The van der Waals surface area contributed by atoms with Gasteiger partial charge in [0.1, 0.15) is 4.58 Å². The van der Waals surface area contributed by atoms with Crippen molar-refractivity contribution < 1.29 is 14.4 Å². The van der Waals surface area contributed by atoms with Crippen LogP contribution >= 0.6 is 23.5 Å². The Bertz CT molecular complexity index is 559. The van der Waals surface area contributed by atoms with Crippen LogP contribution in [-0.2, 0) is 9.59 Å². The highest BCUT2D eigenvalue weighted by Gasteiger charge is 2.24. The molecule has 4 N–H and O–H groups in total. The average molecular weight is 325 g/mol. The number of nitrogens with two attached hydrogens (primary N) is 1. The van der Waals surface area contributed by atoms with E-state index in [2.05, 4.69) is 10.6 Å². The van der Waals surface area contributed by atoms with Crippen LogP contribution in [0.4, 0.5) is 5.69 Å². The summed E-state index contributed by atoms with van der Waals surface area (Å²) in [7, 11) is 0. The van der Waals surface area contributed by atoms with E-state index in [1.165, 1.54) is 0 Å². The number of carbonyl (C=O) groups excluding carboxylic acids is 3. The molecule has 6 nitrogen and oxygen atoms in total. The maximum Gasteiger partial charge on any atom is 0.251 e. The molecule has 0 unspecified atom stereocenters. The highest BCUT2D eigenvalue weighted by Crippen LogP contribution is 2.32. The molecule has 1 heterocycles. The number of rotatable bonds is 5. The Labute approximate surface area is 130 Å². The molecule has 3 amide bonds. The number of anilines is 1. The van der Waals surface area contributed by atoms with Crippen molar-refractivity contribution in [2.75, 3.05) is 23.4 Å². The third-order valence-electron chi connectivity index (χ3n) is 2.65. The predicted octanol–water partition coefficient (Wildman–Crippen LogP) is 0.646. The van der Waals surface area contributed by atoms with Crippen LogP contribution in [0.2, 0.25) is 0 Å². The van der Waals surface area contributed by atoms with E-state index in [0.29, 0.717) is 11.3 Å². The van der Waals surface area contributed by atoms with Gasteiger partial charge in [-0.05, 0) is 18.2 Å². The van der Waals surface area contributed by atoms with Crippen molar-refractivity contribution in [1.82, 2.24) is 5.32 Å². The molecule has 1 saturated heterocycles. The van der Waals surface area contributed by atoms with Gasteiger partial charge in [-0.25, -0.2) is 0 Å².